The van der Waals surface area contributed by atoms with E-state index in [9.17, 15) is 9.59 Å². The van der Waals surface area contributed by atoms with E-state index < -0.39 is 5.97 Å². The van der Waals surface area contributed by atoms with Crippen molar-refractivity contribution in [1.82, 2.24) is 9.88 Å². The van der Waals surface area contributed by atoms with Gasteiger partial charge < -0.3 is 9.64 Å². The number of likely N-dealkylation sites (N-methyl/N-ethyl adjacent to an activating group) is 1. The van der Waals surface area contributed by atoms with E-state index in [-0.39, 0.29) is 18.6 Å². The molecule has 1 aromatic heterocycles. The molecule has 3 rings (SSSR count). The predicted octanol–water partition coefficient (Wildman–Crippen LogP) is 4.39. The second-order valence-electron chi connectivity index (χ2n) is 5.98. The summed E-state index contributed by atoms with van der Waals surface area (Å²) < 4.78 is 6.32. The third-order valence-electron chi connectivity index (χ3n) is 4.30. The highest BCUT2D eigenvalue weighted by Gasteiger charge is 2.22. The number of hydrogen-bond acceptors (Lipinski definition) is 6. The maximum Gasteiger partial charge on any atom is 0.339 e. The summed E-state index contributed by atoms with van der Waals surface area (Å²) in [5.41, 5.74) is 1.39. The molecule has 1 atom stereocenters. The van der Waals surface area contributed by atoms with Crippen LogP contribution in [0, 0.1) is 0 Å². The number of ether oxygens (including phenoxy) is 1. The molecule has 0 N–H and O–H groups in total. The van der Waals surface area contributed by atoms with Crippen molar-refractivity contribution in [3.05, 3.63) is 59.1 Å². The van der Waals surface area contributed by atoms with Crippen LogP contribution in [-0.4, -0.2) is 41.7 Å². The number of aromatic nitrogens is 1. The zero-order chi connectivity index (χ0) is 19.4. The van der Waals surface area contributed by atoms with Gasteiger partial charge in [0.25, 0.3) is 5.91 Å². The van der Waals surface area contributed by atoms with Crippen molar-refractivity contribution in [1.29, 1.82) is 0 Å². The zero-order valence-corrected chi connectivity index (χ0v) is 17.0. The van der Waals surface area contributed by atoms with E-state index in [1.165, 1.54) is 11.8 Å². The second kappa shape index (κ2) is 8.54. The molecule has 140 valence electrons. The van der Waals surface area contributed by atoms with Crippen LogP contribution in [0.4, 0.5) is 0 Å². The quantitative estimate of drug-likeness (QED) is 0.453. The van der Waals surface area contributed by atoms with Crippen molar-refractivity contribution in [2.75, 3.05) is 19.9 Å². The lowest BCUT2D eigenvalue weighted by atomic mass is 10.2. The average Bonchev–Trinajstić information content (AvgIpc) is 3.14. The molecule has 0 bridgehead atoms. The van der Waals surface area contributed by atoms with Gasteiger partial charge in [0.1, 0.15) is 5.01 Å². The Morgan fingerprint density at radius 3 is 2.63 bits per heavy atom. The van der Waals surface area contributed by atoms with E-state index in [0.717, 1.165) is 20.1 Å². The van der Waals surface area contributed by atoms with Gasteiger partial charge in [0.05, 0.1) is 21.8 Å². The molecule has 1 amide bonds. The van der Waals surface area contributed by atoms with Gasteiger partial charge in [-0.25, -0.2) is 9.78 Å². The van der Waals surface area contributed by atoms with Crippen molar-refractivity contribution in [2.24, 2.45) is 0 Å². The van der Waals surface area contributed by atoms with Gasteiger partial charge in [-0.05, 0) is 37.4 Å². The average molecular weight is 401 g/mol. The number of carbonyl (C=O) groups is 2. The molecule has 7 heteroatoms. The van der Waals surface area contributed by atoms with Crippen molar-refractivity contribution in [3.8, 4) is 0 Å². The van der Waals surface area contributed by atoms with Gasteiger partial charge in [0.15, 0.2) is 6.61 Å². The molecule has 0 spiro atoms. The van der Waals surface area contributed by atoms with Crippen LogP contribution in [0.1, 0.15) is 28.3 Å². The van der Waals surface area contributed by atoms with Gasteiger partial charge in [-0.3, -0.25) is 4.79 Å². The molecule has 0 saturated carbocycles. The summed E-state index contributed by atoms with van der Waals surface area (Å²) in [6, 6.07) is 14.9. The molecule has 27 heavy (non-hydrogen) atoms. The monoisotopic (exact) mass is 400 g/mol. The number of para-hydroxylation sites is 1. The summed E-state index contributed by atoms with van der Waals surface area (Å²) >= 11 is 3.03. The highest BCUT2D eigenvalue weighted by atomic mass is 32.2. The maximum atomic E-state index is 12.5. The van der Waals surface area contributed by atoms with Crippen LogP contribution in [0.3, 0.4) is 0 Å². The molecule has 2 aromatic carbocycles. The number of amides is 1. The van der Waals surface area contributed by atoms with E-state index in [2.05, 4.69) is 4.98 Å². The van der Waals surface area contributed by atoms with E-state index in [1.807, 2.05) is 49.6 Å². The Hall–Kier alpha value is -2.38. The number of benzene rings is 2. The minimum atomic E-state index is -0.491. The highest BCUT2D eigenvalue weighted by molar-refractivity contribution is 7.98. The number of carbonyl (C=O) groups excluding carboxylic acids is 2. The summed E-state index contributed by atoms with van der Waals surface area (Å²) in [4.78, 5) is 31.8. The van der Waals surface area contributed by atoms with Crippen molar-refractivity contribution >= 4 is 45.2 Å². The van der Waals surface area contributed by atoms with Gasteiger partial charge in [0.2, 0.25) is 0 Å². The highest BCUT2D eigenvalue weighted by Crippen LogP contribution is 2.29. The fourth-order valence-electron chi connectivity index (χ4n) is 2.57. The summed E-state index contributed by atoms with van der Waals surface area (Å²) in [5.74, 6) is -0.758. The molecule has 1 heterocycles. The number of nitrogens with zero attached hydrogens (tertiary/aromatic N) is 2. The molecule has 0 saturated heterocycles. The number of hydrogen-bond donors (Lipinski definition) is 0. The number of thiazole rings is 1. The van der Waals surface area contributed by atoms with Crippen molar-refractivity contribution in [2.45, 2.75) is 17.9 Å². The molecule has 0 radical (unpaired) electrons. The first kappa shape index (κ1) is 19.4. The minimum absolute atomic E-state index is 0.202. The molecule has 0 fully saturated rings. The van der Waals surface area contributed by atoms with E-state index in [0.29, 0.717) is 5.56 Å². The topological polar surface area (TPSA) is 59.5 Å². The van der Waals surface area contributed by atoms with E-state index in [4.69, 9.17) is 4.74 Å². The van der Waals surface area contributed by atoms with Crippen molar-refractivity contribution in [3.63, 3.8) is 0 Å². The first-order valence-electron chi connectivity index (χ1n) is 8.42. The van der Waals surface area contributed by atoms with Crippen LogP contribution in [-0.2, 0) is 9.53 Å². The van der Waals surface area contributed by atoms with E-state index in [1.54, 1.807) is 35.4 Å². The Kier molecular flexibility index (Phi) is 6.13. The van der Waals surface area contributed by atoms with Crippen LogP contribution in [0.15, 0.2) is 53.4 Å². The lowest BCUT2D eigenvalue weighted by Gasteiger charge is -2.23. The molecular weight excluding hydrogens is 380 g/mol. The second-order valence-corrected chi connectivity index (χ2v) is 7.89. The standard InChI is InChI=1S/C20H20N2O3S2/c1-13(19-21-15-9-5-7-11-17(15)27-19)22(2)18(23)12-25-20(24)14-8-4-6-10-16(14)26-3/h4-11,13H,12H2,1-3H3/t13-/m0/s1. The maximum absolute atomic E-state index is 12.5. The Bertz CT molecular complexity index is 938. The first-order valence-corrected chi connectivity index (χ1v) is 10.5. The van der Waals surface area contributed by atoms with Gasteiger partial charge in [-0.1, -0.05) is 24.3 Å². The summed E-state index contributed by atoms with van der Waals surface area (Å²) in [5, 5.41) is 0.853. The van der Waals surface area contributed by atoms with Gasteiger partial charge in [-0.2, -0.15) is 0 Å². The number of esters is 1. The predicted molar refractivity (Wildman–Crippen MR) is 109 cm³/mol. The van der Waals surface area contributed by atoms with Crippen LogP contribution < -0.4 is 0 Å². The third-order valence-corrected chi connectivity index (χ3v) is 6.30. The lowest BCUT2D eigenvalue weighted by molar-refractivity contribution is -0.135. The van der Waals surface area contributed by atoms with Crippen LogP contribution in [0.25, 0.3) is 10.2 Å². The summed E-state index contributed by atoms with van der Waals surface area (Å²) in [6.07, 6.45) is 1.89. The van der Waals surface area contributed by atoms with Gasteiger partial charge in [0, 0.05) is 11.9 Å². The van der Waals surface area contributed by atoms with E-state index >= 15 is 0 Å². The fourth-order valence-corrected chi connectivity index (χ4v) is 4.22. The molecule has 0 aliphatic carbocycles. The molecule has 3 aromatic rings. The number of fused-ring (bicyclic) bond motifs is 1. The Balaban J connectivity index is 1.64. The largest absolute Gasteiger partial charge is 0.452 e. The van der Waals surface area contributed by atoms with Crippen molar-refractivity contribution < 1.29 is 14.3 Å². The number of thioether (sulfide) groups is 1. The van der Waals surface area contributed by atoms with Crippen LogP contribution >= 0.6 is 23.1 Å². The Morgan fingerprint density at radius 1 is 1.19 bits per heavy atom. The normalized spacial score (nSPS) is 12.0. The summed E-state index contributed by atoms with van der Waals surface area (Å²) in [7, 11) is 1.70. The molecule has 0 aliphatic rings. The summed E-state index contributed by atoms with van der Waals surface area (Å²) in [6.45, 7) is 1.62. The first-order chi connectivity index (χ1) is 13.0. The third kappa shape index (κ3) is 4.31. The smallest absolute Gasteiger partial charge is 0.339 e. The SMILES string of the molecule is CSc1ccccc1C(=O)OCC(=O)N(C)[C@@H](C)c1nc2ccccc2s1. The number of rotatable bonds is 6. The fraction of sp³-hybridized carbons (Fsp3) is 0.250. The molecule has 5 nitrogen and oxygen atoms in total. The van der Waals surface area contributed by atoms with Gasteiger partial charge in [-0.15, -0.1) is 23.1 Å². The van der Waals surface area contributed by atoms with Crippen LogP contribution in [0.5, 0.6) is 0 Å². The molecular formula is C20H20N2O3S2. The Morgan fingerprint density at radius 2 is 1.89 bits per heavy atom. The van der Waals surface area contributed by atoms with Gasteiger partial charge >= 0.3 is 5.97 Å². The van der Waals surface area contributed by atoms with Crippen LogP contribution in [0.2, 0.25) is 0 Å². The minimum Gasteiger partial charge on any atom is -0.452 e. The zero-order valence-electron chi connectivity index (χ0n) is 15.3. The Labute approximate surface area is 166 Å². The molecule has 0 aliphatic heterocycles. The lowest BCUT2D eigenvalue weighted by Crippen LogP contribution is -2.33. The molecule has 0 unspecified atom stereocenters.